The fourth-order valence-electron chi connectivity index (χ4n) is 3.39. The molecule has 2 aromatic rings. The van der Waals surface area contributed by atoms with Gasteiger partial charge in [-0.3, -0.25) is 9.89 Å². The van der Waals surface area contributed by atoms with Gasteiger partial charge >= 0.3 is 0 Å². The SMILES string of the molecule is Cc1n[nH]c(C)c1CCCN(C)C(=O)c1ccc(N2CCOCC2)cc1. The molecule has 0 spiro atoms. The van der Waals surface area contributed by atoms with E-state index in [0.717, 1.165) is 68.3 Å². The first-order valence-electron chi connectivity index (χ1n) is 9.25. The highest BCUT2D eigenvalue weighted by Crippen LogP contribution is 2.18. The van der Waals surface area contributed by atoms with Crippen molar-refractivity contribution in [2.24, 2.45) is 0 Å². The molecular formula is C20H28N4O2. The summed E-state index contributed by atoms with van der Waals surface area (Å²) in [6.45, 7) is 8.12. The summed E-state index contributed by atoms with van der Waals surface area (Å²) in [5.41, 5.74) is 5.32. The van der Waals surface area contributed by atoms with Gasteiger partial charge in [0.25, 0.3) is 5.91 Å². The average molecular weight is 356 g/mol. The van der Waals surface area contributed by atoms with Crippen molar-refractivity contribution in [2.45, 2.75) is 26.7 Å². The maximum Gasteiger partial charge on any atom is 0.253 e. The summed E-state index contributed by atoms with van der Waals surface area (Å²) in [5.74, 6) is 0.0687. The molecule has 0 saturated carbocycles. The molecule has 1 aliphatic rings. The standard InChI is InChI=1S/C20H28N4O2/c1-15-19(16(2)22-21-15)5-4-10-23(3)20(25)17-6-8-18(9-7-17)24-11-13-26-14-12-24/h6-9H,4-5,10-14H2,1-3H3,(H,21,22). The number of aromatic nitrogens is 2. The van der Waals surface area contributed by atoms with Gasteiger partial charge in [0.2, 0.25) is 0 Å². The summed E-state index contributed by atoms with van der Waals surface area (Å²) in [5, 5.41) is 7.24. The Labute approximate surface area is 155 Å². The molecule has 1 amide bonds. The third-order valence-electron chi connectivity index (χ3n) is 5.04. The minimum absolute atomic E-state index is 0.0687. The lowest BCUT2D eigenvalue weighted by atomic mass is 10.1. The Morgan fingerprint density at radius 1 is 1.23 bits per heavy atom. The smallest absolute Gasteiger partial charge is 0.253 e. The Kier molecular flexibility index (Phi) is 5.93. The molecule has 2 heterocycles. The third-order valence-corrected chi connectivity index (χ3v) is 5.04. The van der Waals surface area contributed by atoms with E-state index in [0.29, 0.717) is 0 Å². The molecule has 0 unspecified atom stereocenters. The average Bonchev–Trinajstić information content (AvgIpc) is 3.00. The Bertz CT molecular complexity index is 713. The highest BCUT2D eigenvalue weighted by atomic mass is 16.5. The Morgan fingerprint density at radius 3 is 2.54 bits per heavy atom. The van der Waals surface area contributed by atoms with Gasteiger partial charge in [0, 0.05) is 43.6 Å². The molecule has 1 aromatic heterocycles. The molecule has 1 N–H and O–H groups in total. The van der Waals surface area contributed by atoms with Crippen molar-refractivity contribution < 1.29 is 9.53 Å². The molecule has 6 heteroatoms. The van der Waals surface area contributed by atoms with Crippen molar-refractivity contribution >= 4 is 11.6 Å². The van der Waals surface area contributed by atoms with Crippen molar-refractivity contribution in [3.63, 3.8) is 0 Å². The van der Waals surface area contributed by atoms with Gasteiger partial charge in [-0.15, -0.1) is 0 Å². The largest absolute Gasteiger partial charge is 0.378 e. The van der Waals surface area contributed by atoms with Crippen LogP contribution in [0.1, 0.15) is 33.7 Å². The number of anilines is 1. The Morgan fingerprint density at radius 2 is 1.92 bits per heavy atom. The number of benzene rings is 1. The molecule has 3 rings (SSSR count). The Balaban J connectivity index is 1.52. The van der Waals surface area contributed by atoms with E-state index >= 15 is 0 Å². The number of amides is 1. The van der Waals surface area contributed by atoms with Crippen molar-refractivity contribution in [3.05, 3.63) is 46.8 Å². The topological polar surface area (TPSA) is 61.5 Å². The summed E-state index contributed by atoms with van der Waals surface area (Å²) in [4.78, 5) is 16.7. The zero-order chi connectivity index (χ0) is 18.5. The molecule has 1 aromatic carbocycles. The van der Waals surface area contributed by atoms with Crippen molar-refractivity contribution in [1.29, 1.82) is 0 Å². The molecule has 1 saturated heterocycles. The molecule has 0 bridgehead atoms. The van der Waals surface area contributed by atoms with Crippen LogP contribution in [0.4, 0.5) is 5.69 Å². The first kappa shape index (κ1) is 18.5. The van der Waals surface area contributed by atoms with Crippen LogP contribution in [-0.4, -0.2) is 60.9 Å². The zero-order valence-corrected chi connectivity index (χ0v) is 15.9. The first-order valence-corrected chi connectivity index (χ1v) is 9.25. The maximum absolute atomic E-state index is 12.6. The highest BCUT2D eigenvalue weighted by Gasteiger charge is 2.15. The number of hydrogen-bond donors (Lipinski definition) is 1. The predicted octanol–water partition coefficient (Wildman–Crippen LogP) is 2.57. The molecule has 140 valence electrons. The van der Waals surface area contributed by atoms with Crippen LogP contribution in [0.25, 0.3) is 0 Å². The van der Waals surface area contributed by atoms with Crippen LogP contribution in [0.15, 0.2) is 24.3 Å². The summed E-state index contributed by atoms with van der Waals surface area (Å²) in [6.07, 6.45) is 1.86. The number of aryl methyl sites for hydroxylation is 2. The van der Waals surface area contributed by atoms with Gasteiger partial charge in [0.15, 0.2) is 0 Å². The fourth-order valence-corrected chi connectivity index (χ4v) is 3.39. The quantitative estimate of drug-likeness (QED) is 0.864. The van der Waals surface area contributed by atoms with E-state index < -0.39 is 0 Å². The van der Waals surface area contributed by atoms with Crippen LogP contribution >= 0.6 is 0 Å². The second-order valence-corrected chi connectivity index (χ2v) is 6.89. The van der Waals surface area contributed by atoms with E-state index in [1.807, 2.05) is 45.2 Å². The molecule has 0 radical (unpaired) electrons. The van der Waals surface area contributed by atoms with Crippen molar-refractivity contribution in [1.82, 2.24) is 15.1 Å². The molecule has 26 heavy (non-hydrogen) atoms. The zero-order valence-electron chi connectivity index (χ0n) is 15.9. The van der Waals surface area contributed by atoms with Gasteiger partial charge in [-0.25, -0.2) is 0 Å². The van der Waals surface area contributed by atoms with E-state index in [9.17, 15) is 4.79 Å². The number of hydrogen-bond acceptors (Lipinski definition) is 4. The van der Waals surface area contributed by atoms with Crippen LogP contribution in [0.2, 0.25) is 0 Å². The highest BCUT2D eigenvalue weighted by molar-refractivity contribution is 5.94. The molecular weight excluding hydrogens is 328 g/mol. The second kappa shape index (κ2) is 8.36. The molecule has 1 fully saturated rings. The van der Waals surface area contributed by atoms with Gasteiger partial charge in [0.05, 0.1) is 18.9 Å². The lowest BCUT2D eigenvalue weighted by Crippen LogP contribution is -2.36. The monoisotopic (exact) mass is 356 g/mol. The summed E-state index contributed by atoms with van der Waals surface area (Å²) in [6, 6.07) is 7.91. The van der Waals surface area contributed by atoms with Gasteiger partial charge in [0.1, 0.15) is 0 Å². The van der Waals surface area contributed by atoms with Crippen LogP contribution in [0, 0.1) is 13.8 Å². The van der Waals surface area contributed by atoms with Gasteiger partial charge in [-0.2, -0.15) is 5.10 Å². The van der Waals surface area contributed by atoms with Crippen LogP contribution in [0.5, 0.6) is 0 Å². The number of rotatable bonds is 6. The predicted molar refractivity (Wildman–Crippen MR) is 103 cm³/mol. The number of nitrogens with zero attached hydrogens (tertiary/aromatic N) is 3. The van der Waals surface area contributed by atoms with E-state index in [4.69, 9.17) is 4.74 Å². The lowest BCUT2D eigenvalue weighted by molar-refractivity contribution is 0.0793. The summed E-state index contributed by atoms with van der Waals surface area (Å²) >= 11 is 0. The first-order chi connectivity index (χ1) is 12.6. The van der Waals surface area contributed by atoms with E-state index in [-0.39, 0.29) is 5.91 Å². The molecule has 1 aliphatic heterocycles. The minimum atomic E-state index is 0.0687. The number of H-pyrrole nitrogens is 1. The summed E-state index contributed by atoms with van der Waals surface area (Å²) < 4.78 is 5.39. The van der Waals surface area contributed by atoms with Crippen LogP contribution < -0.4 is 4.90 Å². The number of morpholine rings is 1. The molecule has 0 atom stereocenters. The fraction of sp³-hybridized carbons (Fsp3) is 0.500. The molecule has 6 nitrogen and oxygen atoms in total. The third kappa shape index (κ3) is 4.25. The number of carbonyl (C=O) groups excluding carboxylic acids is 1. The van der Waals surface area contributed by atoms with Crippen LogP contribution in [0.3, 0.4) is 0 Å². The van der Waals surface area contributed by atoms with E-state index in [2.05, 4.69) is 15.1 Å². The van der Waals surface area contributed by atoms with E-state index in [1.54, 1.807) is 4.90 Å². The summed E-state index contributed by atoms with van der Waals surface area (Å²) in [7, 11) is 1.87. The number of nitrogens with one attached hydrogen (secondary N) is 1. The second-order valence-electron chi connectivity index (χ2n) is 6.89. The van der Waals surface area contributed by atoms with Gasteiger partial charge in [-0.1, -0.05) is 0 Å². The Hall–Kier alpha value is -2.34. The van der Waals surface area contributed by atoms with E-state index in [1.165, 1.54) is 5.56 Å². The number of aromatic amines is 1. The van der Waals surface area contributed by atoms with Gasteiger partial charge in [-0.05, 0) is 56.5 Å². The number of ether oxygens (including phenoxy) is 1. The number of carbonyl (C=O) groups is 1. The molecule has 0 aliphatic carbocycles. The lowest BCUT2D eigenvalue weighted by Gasteiger charge is -2.29. The van der Waals surface area contributed by atoms with Gasteiger partial charge < -0.3 is 14.5 Å². The minimum Gasteiger partial charge on any atom is -0.378 e. The van der Waals surface area contributed by atoms with Crippen LogP contribution in [-0.2, 0) is 11.2 Å². The maximum atomic E-state index is 12.6. The van der Waals surface area contributed by atoms with Crippen molar-refractivity contribution in [3.8, 4) is 0 Å². The normalized spacial score (nSPS) is 14.5. The van der Waals surface area contributed by atoms with Crippen molar-refractivity contribution in [2.75, 3.05) is 44.8 Å².